The van der Waals surface area contributed by atoms with Gasteiger partial charge in [-0.3, -0.25) is 4.79 Å². The summed E-state index contributed by atoms with van der Waals surface area (Å²) in [6.45, 7) is 6.05. The highest BCUT2D eigenvalue weighted by molar-refractivity contribution is 5.77. The van der Waals surface area contributed by atoms with Crippen LogP contribution in [0.5, 0.6) is 17.2 Å². The standard InChI is InChI=1S/C19H23NO3/c1-4-15(3)20-19(21)13-22-16-9-11-18(12-10-16)23-17-7-5-14(2)6-8-17/h5-12,15H,4,13H2,1-3H3,(H,20,21). The SMILES string of the molecule is CCC(C)NC(=O)COc1ccc(Oc2ccc(C)cc2)cc1. The monoisotopic (exact) mass is 313 g/mol. The third-order valence-electron chi connectivity index (χ3n) is 3.47. The van der Waals surface area contributed by atoms with E-state index in [1.807, 2.05) is 57.2 Å². The van der Waals surface area contributed by atoms with Crippen molar-refractivity contribution in [1.29, 1.82) is 0 Å². The van der Waals surface area contributed by atoms with E-state index in [1.165, 1.54) is 5.56 Å². The number of carbonyl (C=O) groups excluding carboxylic acids is 1. The van der Waals surface area contributed by atoms with E-state index in [9.17, 15) is 4.79 Å². The Kier molecular flexibility index (Phi) is 6.03. The van der Waals surface area contributed by atoms with Gasteiger partial charge in [0.15, 0.2) is 6.61 Å². The highest BCUT2D eigenvalue weighted by Gasteiger charge is 2.06. The second-order valence-electron chi connectivity index (χ2n) is 5.55. The van der Waals surface area contributed by atoms with Gasteiger partial charge in [-0.25, -0.2) is 0 Å². The van der Waals surface area contributed by atoms with Crippen LogP contribution in [0.15, 0.2) is 48.5 Å². The second kappa shape index (κ2) is 8.22. The molecule has 1 N–H and O–H groups in total. The van der Waals surface area contributed by atoms with E-state index in [-0.39, 0.29) is 18.6 Å². The molecule has 1 unspecified atom stereocenters. The lowest BCUT2D eigenvalue weighted by atomic mass is 10.2. The third-order valence-corrected chi connectivity index (χ3v) is 3.47. The summed E-state index contributed by atoms with van der Waals surface area (Å²) in [7, 11) is 0. The fourth-order valence-electron chi connectivity index (χ4n) is 1.91. The van der Waals surface area contributed by atoms with Crippen LogP contribution in [-0.2, 0) is 4.79 Å². The van der Waals surface area contributed by atoms with Crippen molar-refractivity contribution < 1.29 is 14.3 Å². The first-order valence-corrected chi connectivity index (χ1v) is 7.83. The Morgan fingerprint density at radius 2 is 1.52 bits per heavy atom. The zero-order chi connectivity index (χ0) is 16.7. The number of amides is 1. The predicted octanol–water partition coefficient (Wildman–Crippen LogP) is 4.08. The molecule has 4 heteroatoms. The molecule has 0 saturated carbocycles. The summed E-state index contributed by atoms with van der Waals surface area (Å²) in [5.74, 6) is 2.04. The number of aryl methyl sites for hydroxylation is 1. The highest BCUT2D eigenvalue weighted by atomic mass is 16.5. The summed E-state index contributed by atoms with van der Waals surface area (Å²) in [4.78, 5) is 11.7. The molecule has 0 aliphatic rings. The van der Waals surface area contributed by atoms with E-state index in [4.69, 9.17) is 9.47 Å². The van der Waals surface area contributed by atoms with Crippen molar-refractivity contribution in [2.24, 2.45) is 0 Å². The van der Waals surface area contributed by atoms with Crippen LogP contribution in [0.3, 0.4) is 0 Å². The molecular formula is C19H23NO3. The number of ether oxygens (including phenoxy) is 2. The molecule has 1 amide bonds. The van der Waals surface area contributed by atoms with Gasteiger partial charge in [-0.2, -0.15) is 0 Å². The Labute approximate surface area is 137 Å². The van der Waals surface area contributed by atoms with E-state index < -0.39 is 0 Å². The van der Waals surface area contributed by atoms with Crippen molar-refractivity contribution in [2.75, 3.05) is 6.61 Å². The average Bonchev–Trinajstić information content (AvgIpc) is 2.56. The van der Waals surface area contributed by atoms with Crippen molar-refractivity contribution in [3.8, 4) is 17.2 Å². The van der Waals surface area contributed by atoms with Crippen LogP contribution in [0.4, 0.5) is 0 Å². The van der Waals surface area contributed by atoms with Crippen molar-refractivity contribution in [3.63, 3.8) is 0 Å². The van der Waals surface area contributed by atoms with Gasteiger partial charge in [0.1, 0.15) is 17.2 Å². The number of benzene rings is 2. The minimum atomic E-state index is -0.112. The fraction of sp³-hybridized carbons (Fsp3) is 0.316. The molecule has 2 aromatic carbocycles. The molecule has 0 bridgehead atoms. The number of rotatable bonds is 7. The zero-order valence-corrected chi connectivity index (χ0v) is 13.8. The van der Waals surface area contributed by atoms with Gasteiger partial charge in [-0.05, 0) is 56.7 Å². The highest BCUT2D eigenvalue weighted by Crippen LogP contribution is 2.24. The number of nitrogens with one attached hydrogen (secondary N) is 1. The fourth-order valence-corrected chi connectivity index (χ4v) is 1.91. The number of carbonyl (C=O) groups is 1. The van der Waals surface area contributed by atoms with E-state index in [0.29, 0.717) is 5.75 Å². The minimum absolute atomic E-state index is 0.0164. The predicted molar refractivity (Wildman–Crippen MR) is 91.1 cm³/mol. The molecular weight excluding hydrogens is 290 g/mol. The molecule has 0 radical (unpaired) electrons. The largest absolute Gasteiger partial charge is 0.484 e. The second-order valence-corrected chi connectivity index (χ2v) is 5.55. The lowest BCUT2D eigenvalue weighted by molar-refractivity contribution is -0.123. The van der Waals surface area contributed by atoms with E-state index >= 15 is 0 Å². The van der Waals surface area contributed by atoms with Gasteiger partial charge in [0.25, 0.3) is 5.91 Å². The first-order chi connectivity index (χ1) is 11.1. The van der Waals surface area contributed by atoms with Crippen LogP contribution in [0.25, 0.3) is 0 Å². The first kappa shape index (κ1) is 16.9. The molecule has 1 atom stereocenters. The molecule has 122 valence electrons. The van der Waals surface area contributed by atoms with Crippen LogP contribution in [0.2, 0.25) is 0 Å². The van der Waals surface area contributed by atoms with E-state index in [0.717, 1.165) is 17.9 Å². The van der Waals surface area contributed by atoms with Crippen LogP contribution < -0.4 is 14.8 Å². The molecule has 0 spiro atoms. The average molecular weight is 313 g/mol. The van der Waals surface area contributed by atoms with Crippen molar-refractivity contribution in [1.82, 2.24) is 5.32 Å². The quantitative estimate of drug-likeness (QED) is 0.838. The van der Waals surface area contributed by atoms with Crippen LogP contribution in [-0.4, -0.2) is 18.6 Å². The summed E-state index contributed by atoms with van der Waals surface area (Å²) < 4.78 is 11.2. The van der Waals surface area contributed by atoms with Gasteiger partial charge < -0.3 is 14.8 Å². The van der Waals surface area contributed by atoms with Gasteiger partial charge in [0.05, 0.1) is 0 Å². The minimum Gasteiger partial charge on any atom is -0.484 e. The van der Waals surface area contributed by atoms with Crippen LogP contribution in [0, 0.1) is 6.92 Å². The van der Waals surface area contributed by atoms with E-state index in [1.54, 1.807) is 12.1 Å². The lowest BCUT2D eigenvalue weighted by Crippen LogP contribution is -2.35. The summed E-state index contributed by atoms with van der Waals surface area (Å²) in [6.07, 6.45) is 0.900. The molecule has 0 fully saturated rings. The molecule has 4 nitrogen and oxygen atoms in total. The van der Waals surface area contributed by atoms with Crippen LogP contribution >= 0.6 is 0 Å². The maximum Gasteiger partial charge on any atom is 0.258 e. The molecule has 2 aromatic rings. The zero-order valence-electron chi connectivity index (χ0n) is 13.8. The smallest absolute Gasteiger partial charge is 0.258 e. The molecule has 0 heterocycles. The van der Waals surface area contributed by atoms with Crippen molar-refractivity contribution in [2.45, 2.75) is 33.2 Å². The number of hydrogen-bond donors (Lipinski definition) is 1. The molecule has 0 aromatic heterocycles. The summed E-state index contributed by atoms with van der Waals surface area (Å²) in [5.41, 5.74) is 1.19. The van der Waals surface area contributed by atoms with Gasteiger partial charge >= 0.3 is 0 Å². The van der Waals surface area contributed by atoms with Gasteiger partial charge in [0, 0.05) is 6.04 Å². The molecule has 0 saturated heterocycles. The van der Waals surface area contributed by atoms with Gasteiger partial charge in [0.2, 0.25) is 0 Å². The van der Waals surface area contributed by atoms with Crippen molar-refractivity contribution in [3.05, 3.63) is 54.1 Å². The Morgan fingerprint density at radius 1 is 1.00 bits per heavy atom. The first-order valence-electron chi connectivity index (χ1n) is 7.83. The normalized spacial score (nSPS) is 11.6. The summed E-state index contributed by atoms with van der Waals surface area (Å²) in [5, 5.41) is 2.86. The molecule has 23 heavy (non-hydrogen) atoms. The van der Waals surface area contributed by atoms with E-state index in [2.05, 4.69) is 5.32 Å². The van der Waals surface area contributed by atoms with Crippen molar-refractivity contribution >= 4 is 5.91 Å². The summed E-state index contributed by atoms with van der Waals surface area (Å²) >= 11 is 0. The maximum atomic E-state index is 11.7. The number of hydrogen-bond acceptors (Lipinski definition) is 3. The third kappa shape index (κ3) is 5.66. The van der Waals surface area contributed by atoms with Crippen LogP contribution in [0.1, 0.15) is 25.8 Å². The van der Waals surface area contributed by atoms with Gasteiger partial charge in [-0.15, -0.1) is 0 Å². The van der Waals surface area contributed by atoms with Gasteiger partial charge in [-0.1, -0.05) is 24.6 Å². The Hall–Kier alpha value is -2.49. The Balaban J connectivity index is 1.84. The summed E-state index contributed by atoms with van der Waals surface area (Å²) in [6, 6.07) is 15.3. The lowest BCUT2D eigenvalue weighted by Gasteiger charge is -2.12. The molecule has 0 aliphatic carbocycles. The Morgan fingerprint density at radius 3 is 2.09 bits per heavy atom. The topological polar surface area (TPSA) is 47.6 Å². The molecule has 2 rings (SSSR count). The Bertz CT molecular complexity index is 620. The molecule has 0 aliphatic heterocycles. The maximum absolute atomic E-state index is 11.7.